The lowest BCUT2D eigenvalue weighted by atomic mass is 10.2. The second kappa shape index (κ2) is 5.92. The maximum absolute atomic E-state index is 13.2. The molecule has 0 radical (unpaired) electrons. The van der Waals surface area contributed by atoms with E-state index in [1.54, 1.807) is 18.5 Å². The fourth-order valence-corrected chi connectivity index (χ4v) is 2.52. The van der Waals surface area contributed by atoms with Crippen molar-refractivity contribution in [2.45, 2.75) is 0 Å². The molecule has 7 nitrogen and oxygen atoms in total. The zero-order valence-corrected chi connectivity index (χ0v) is 11.7. The van der Waals surface area contributed by atoms with Crippen molar-refractivity contribution in [2.75, 3.05) is 36.0 Å². The van der Waals surface area contributed by atoms with Crippen molar-refractivity contribution in [3.05, 3.63) is 52.7 Å². The number of nitrogens with zero attached hydrogens (tertiary/aromatic N) is 5. The predicted octanol–water partition coefficient (Wildman–Crippen LogP) is 1.85. The minimum atomic E-state index is -0.425. The largest absolute Gasteiger partial charge is 0.367 e. The first-order chi connectivity index (χ1) is 10.6. The highest BCUT2D eigenvalue weighted by Crippen LogP contribution is 2.26. The Morgan fingerprint density at radius 3 is 2.59 bits per heavy atom. The van der Waals surface area contributed by atoms with Gasteiger partial charge in [0, 0.05) is 44.5 Å². The summed E-state index contributed by atoms with van der Waals surface area (Å²) in [6.45, 7) is 2.40. The molecule has 0 aliphatic carbocycles. The second-order valence-corrected chi connectivity index (χ2v) is 4.94. The van der Waals surface area contributed by atoms with Crippen LogP contribution in [0.4, 0.5) is 21.6 Å². The molecule has 8 heteroatoms. The average Bonchev–Trinajstić information content (AvgIpc) is 2.55. The van der Waals surface area contributed by atoms with Gasteiger partial charge in [-0.15, -0.1) is 0 Å². The summed E-state index contributed by atoms with van der Waals surface area (Å²) in [5.74, 6) is 0.00445. The molecule has 114 valence electrons. The van der Waals surface area contributed by atoms with E-state index in [1.165, 1.54) is 12.1 Å². The van der Waals surface area contributed by atoms with Gasteiger partial charge in [-0.2, -0.15) is 0 Å². The van der Waals surface area contributed by atoms with Gasteiger partial charge >= 0.3 is 5.69 Å². The van der Waals surface area contributed by atoms with E-state index in [1.807, 2.05) is 9.80 Å². The molecule has 0 atom stereocenters. The zero-order valence-electron chi connectivity index (χ0n) is 11.7. The molecule has 0 spiro atoms. The molecule has 1 fully saturated rings. The predicted molar refractivity (Wildman–Crippen MR) is 79.5 cm³/mol. The third kappa shape index (κ3) is 2.80. The fourth-order valence-electron chi connectivity index (χ4n) is 2.52. The van der Waals surface area contributed by atoms with Crippen LogP contribution >= 0.6 is 0 Å². The Morgan fingerprint density at radius 2 is 1.91 bits per heavy atom. The van der Waals surface area contributed by atoms with Gasteiger partial charge < -0.3 is 9.80 Å². The number of halogens is 1. The maximum Gasteiger partial charge on any atom is 0.311 e. The van der Waals surface area contributed by atoms with E-state index in [0.29, 0.717) is 32.0 Å². The number of anilines is 2. The molecule has 1 aliphatic heterocycles. The summed E-state index contributed by atoms with van der Waals surface area (Å²) in [6, 6.07) is 4.44. The van der Waals surface area contributed by atoms with Crippen LogP contribution in [0.2, 0.25) is 0 Å². The lowest BCUT2D eigenvalue weighted by Crippen LogP contribution is -2.47. The Hall–Kier alpha value is -2.77. The fraction of sp³-hybridized carbons (Fsp3) is 0.286. The summed E-state index contributed by atoms with van der Waals surface area (Å²) >= 11 is 0. The number of pyridine rings is 2. The SMILES string of the molecule is O=[N+]([O-])c1cccnc1N1CCN(c2cncc(F)c2)CC1. The van der Waals surface area contributed by atoms with Gasteiger partial charge in [-0.05, 0) is 6.07 Å². The van der Waals surface area contributed by atoms with Gasteiger partial charge in [-0.1, -0.05) is 0 Å². The summed E-state index contributed by atoms with van der Waals surface area (Å²) in [5, 5.41) is 11.1. The highest BCUT2D eigenvalue weighted by molar-refractivity contribution is 5.58. The molecule has 2 aromatic heterocycles. The summed E-state index contributed by atoms with van der Waals surface area (Å²) in [6.07, 6.45) is 4.32. The van der Waals surface area contributed by atoms with Crippen LogP contribution in [0, 0.1) is 15.9 Å². The maximum atomic E-state index is 13.2. The van der Waals surface area contributed by atoms with Crippen LogP contribution in [0.3, 0.4) is 0 Å². The molecular weight excluding hydrogens is 289 g/mol. The molecule has 1 saturated heterocycles. The summed E-state index contributed by atoms with van der Waals surface area (Å²) < 4.78 is 13.2. The molecule has 1 aliphatic rings. The van der Waals surface area contributed by atoms with Crippen molar-refractivity contribution < 1.29 is 9.31 Å². The van der Waals surface area contributed by atoms with Crippen LogP contribution < -0.4 is 9.80 Å². The Morgan fingerprint density at radius 1 is 1.18 bits per heavy atom. The van der Waals surface area contributed by atoms with Gasteiger partial charge in [0.15, 0.2) is 0 Å². The zero-order chi connectivity index (χ0) is 15.5. The van der Waals surface area contributed by atoms with Gasteiger partial charge in [0.05, 0.1) is 23.0 Å². The first kappa shape index (κ1) is 14.2. The number of hydrogen-bond donors (Lipinski definition) is 0. The Kier molecular flexibility index (Phi) is 3.82. The van der Waals surface area contributed by atoms with Crippen molar-refractivity contribution in [1.82, 2.24) is 9.97 Å². The van der Waals surface area contributed by atoms with Crippen LogP contribution in [0.15, 0.2) is 36.8 Å². The van der Waals surface area contributed by atoms with Crippen LogP contribution in [0.1, 0.15) is 0 Å². The first-order valence-corrected chi connectivity index (χ1v) is 6.85. The number of hydrogen-bond acceptors (Lipinski definition) is 6. The summed E-state index contributed by atoms with van der Waals surface area (Å²) in [5.41, 5.74) is 0.721. The van der Waals surface area contributed by atoms with Crippen molar-refractivity contribution >= 4 is 17.2 Å². The van der Waals surface area contributed by atoms with Crippen molar-refractivity contribution in [3.8, 4) is 0 Å². The normalized spacial score (nSPS) is 15.0. The van der Waals surface area contributed by atoms with E-state index >= 15 is 0 Å². The van der Waals surface area contributed by atoms with Crippen LogP contribution in [-0.2, 0) is 0 Å². The Bertz CT molecular complexity index is 688. The standard InChI is InChI=1S/C14H14FN5O2/c15-11-8-12(10-16-9-11)18-4-6-19(7-5-18)14-13(20(21)22)2-1-3-17-14/h1-3,8-10H,4-7H2. The quantitative estimate of drug-likeness (QED) is 0.636. The number of nitro groups is 1. The monoisotopic (exact) mass is 303 g/mol. The highest BCUT2D eigenvalue weighted by Gasteiger charge is 2.24. The minimum absolute atomic E-state index is 0.00312. The van der Waals surface area contributed by atoms with E-state index in [0.717, 1.165) is 11.9 Å². The van der Waals surface area contributed by atoms with E-state index in [2.05, 4.69) is 9.97 Å². The first-order valence-electron chi connectivity index (χ1n) is 6.85. The topological polar surface area (TPSA) is 75.4 Å². The van der Waals surface area contributed by atoms with Gasteiger partial charge in [0.1, 0.15) is 5.82 Å². The Balaban J connectivity index is 1.73. The molecule has 0 unspecified atom stereocenters. The molecule has 0 N–H and O–H groups in total. The average molecular weight is 303 g/mol. The third-order valence-corrected chi connectivity index (χ3v) is 3.60. The van der Waals surface area contributed by atoms with Crippen LogP contribution in [-0.4, -0.2) is 41.1 Å². The molecule has 3 rings (SSSR count). The van der Waals surface area contributed by atoms with Gasteiger partial charge in [0.25, 0.3) is 0 Å². The highest BCUT2D eigenvalue weighted by atomic mass is 19.1. The van der Waals surface area contributed by atoms with E-state index < -0.39 is 4.92 Å². The Labute approximate surface area is 126 Å². The molecule has 0 bridgehead atoms. The lowest BCUT2D eigenvalue weighted by molar-refractivity contribution is -0.384. The molecule has 3 heterocycles. The molecule has 0 aromatic carbocycles. The van der Waals surface area contributed by atoms with Crippen molar-refractivity contribution in [3.63, 3.8) is 0 Å². The number of piperazine rings is 1. The molecule has 0 saturated carbocycles. The second-order valence-electron chi connectivity index (χ2n) is 4.94. The third-order valence-electron chi connectivity index (χ3n) is 3.60. The van der Waals surface area contributed by atoms with E-state index in [4.69, 9.17) is 0 Å². The molecule has 22 heavy (non-hydrogen) atoms. The van der Waals surface area contributed by atoms with E-state index in [-0.39, 0.29) is 11.5 Å². The lowest BCUT2D eigenvalue weighted by Gasteiger charge is -2.36. The van der Waals surface area contributed by atoms with Crippen LogP contribution in [0.5, 0.6) is 0 Å². The number of aromatic nitrogens is 2. The van der Waals surface area contributed by atoms with Crippen LogP contribution in [0.25, 0.3) is 0 Å². The molecule has 2 aromatic rings. The van der Waals surface area contributed by atoms with E-state index in [9.17, 15) is 14.5 Å². The molecular formula is C14H14FN5O2. The smallest absolute Gasteiger partial charge is 0.311 e. The molecule has 0 amide bonds. The van der Waals surface area contributed by atoms with Crippen molar-refractivity contribution in [1.29, 1.82) is 0 Å². The number of rotatable bonds is 3. The summed E-state index contributed by atoms with van der Waals surface area (Å²) in [7, 11) is 0. The minimum Gasteiger partial charge on any atom is -0.367 e. The van der Waals surface area contributed by atoms with Gasteiger partial charge in [-0.25, -0.2) is 9.37 Å². The summed E-state index contributed by atoms with van der Waals surface area (Å²) in [4.78, 5) is 22.5. The van der Waals surface area contributed by atoms with Gasteiger partial charge in [0.2, 0.25) is 5.82 Å². The van der Waals surface area contributed by atoms with Gasteiger partial charge in [-0.3, -0.25) is 15.1 Å². The van der Waals surface area contributed by atoms with Crippen molar-refractivity contribution in [2.24, 2.45) is 0 Å².